The summed E-state index contributed by atoms with van der Waals surface area (Å²) in [7, 11) is -3.35. The lowest BCUT2D eigenvalue weighted by Gasteiger charge is -2.26. The van der Waals surface area contributed by atoms with Gasteiger partial charge >= 0.3 is 5.97 Å². The quantitative estimate of drug-likeness (QED) is 0.721. The maximum absolute atomic E-state index is 12.6. The molecule has 1 aliphatic carbocycles. The summed E-state index contributed by atoms with van der Waals surface area (Å²) in [5, 5.41) is 11.8. The number of hydrogen-bond acceptors (Lipinski definition) is 4. The second-order valence-corrected chi connectivity index (χ2v) is 9.18. The minimum Gasteiger partial charge on any atom is -0.481 e. The fourth-order valence-corrected chi connectivity index (χ4v) is 5.27. The minimum atomic E-state index is -3.35. The van der Waals surface area contributed by atoms with E-state index >= 15 is 0 Å². The number of carbonyl (C=O) groups is 2. The summed E-state index contributed by atoms with van der Waals surface area (Å²) in [6.45, 7) is 3.61. The highest BCUT2D eigenvalue weighted by atomic mass is 32.2. The second kappa shape index (κ2) is 8.20. The van der Waals surface area contributed by atoms with Crippen LogP contribution in [0.15, 0.2) is 29.2 Å². The van der Waals surface area contributed by atoms with Crippen molar-refractivity contribution in [3.63, 3.8) is 0 Å². The number of sulfone groups is 1. The van der Waals surface area contributed by atoms with E-state index in [2.05, 4.69) is 5.32 Å². The van der Waals surface area contributed by atoms with Crippen molar-refractivity contribution in [1.29, 1.82) is 0 Å². The van der Waals surface area contributed by atoms with Crippen LogP contribution >= 0.6 is 0 Å². The molecule has 0 heterocycles. The zero-order valence-corrected chi connectivity index (χ0v) is 16.1. The van der Waals surface area contributed by atoms with Crippen molar-refractivity contribution < 1.29 is 23.1 Å². The van der Waals surface area contributed by atoms with Gasteiger partial charge in [-0.05, 0) is 49.9 Å². The predicted octanol–water partition coefficient (Wildman–Crippen LogP) is 3.02. The van der Waals surface area contributed by atoms with Gasteiger partial charge < -0.3 is 10.4 Å². The second-order valence-electron chi connectivity index (χ2n) is 6.95. The zero-order chi connectivity index (χ0) is 19.4. The lowest BCUT2D eigenvalue weighted by Crippen LogP contribution is -2.42. The molecule has 2 rings (SSSR count). The molecule has 1 fully saturated rings. The van der Waals surface area contributed by atoms with Gasteiger partial charge in [-0.3, -0.25) is 9.59 Å². The third-order valence-corrected chi connectivity index (χ3v) is 7.86. The number of carboxylic acids is 1. The fraction of sp³-hybridized carbons (Fsp3) is 0.579. The number of carboxylic acid groups (broad SMARTS) is 1. The molecule has 1 aromatic rings. The smallest absolute Gasteiger partial charge is 0.311 e. The first-order chi connectivity index (χ1) is 12.3. The monoisotopic (exact) mass is 381 g/mol. The van der Waals surface area contributed by atoms with Crippen LogP contribution < -0.4 is 5.32 Å². The summed E-state index contributed by atoms with van der Waals surface area (Å²) in [6, 6.07) is 5.90. The molecule has 26 heavy (non-hydrogen) atoms. The van der Waals surface area contributed by atoms with Crippen LogP contribution in [0.3, 0.4) is 0 Å². The van der Waals surface area contributed by atoms with Crippen LogP contribution in [0, 0.1) is 5.41 Å². The van der Waals surface area contributed by atoms with Crippen molar-refractivity contribution in [2.75, 3.05) is 6.54 Å². The van der Waals surface area contributed by atoms with E-state index in [1.54, 1.807) is 13.8 Å². The Hall–Kier alpha value is -1.89. The number of hydrogen-bond donors (Lipinski definition) is 2. The first-order valence-electron chi connectivity index (χ1n) is 9.12. The Morgan fingerprint density at radius 2 is 1.65 bits per heavy atom. The van der Waals surface area contributed by atoms with Crippen molar-refractivity contribution in [2.45, 2.75) is 62.5 Å². The Bertz CT molecular complexity index is 745. The van der Waals surface area contributed by atoms with Crippen LogP contribution in [0.25, 0.3) is 0 Å². The average Bonchev–Trinajstić information content (AvgIpc) is 3.18. The SMILES string of the molecule is CCC(CC)(CNC(=O)c1ccc(S(=O)(=O)C2CCCC2)cc1)C(=O)O. The van der Waals surface area contributed by atoms with E-state index < -0.39 is 27.1 Å². The molecule has 0 radical (unpaired) electrons. The molecule has 0 bridgehead atoms. The van der Waals surface area contributed by atoms with Gasteiger partial charge in [0.15, 0.2) is 9.84 Å². The lowest BCUT2D eigenvalue weighted by atomic mass is 9.82. The van der Waals surface area contributed by atoms with Crippen molar-refractivity contribution in [2.24, 2.45) is 5.41 Å². The van der Waals surface area contributed by atoms with Gasteiger partial charge in [-0.25, -0.2) is 8.42 Å². The van der Waals surface area contributed by atoms with Crippen LogP contribution in [0.2, 0.25) is 0 Å². The summed E-state index contributed by atoms with van der Waals surface area (Å²) in [6.07, 6.45) is 4.08. The maximum Gasteiger partial charge on any atom is 0.311 e. The maximum atomic E-state index is 12.6. The zero-order valence-electron chi connectivity index (χ0n) is 15.3. The van der Waals surface area contributed by atoms with Gasteiger partial charge in [0.25, 0.3) is 5.91 Å². The molecule has 1 aliphatic rings. The molecule has 1 saturated carbocycles. The van der Waals surface area contributed by atoms with E-state index in [1.165, 1.54) is 24.3 Å². The summed E-state index contributed by atoms with van der Waals surface area (Å²) in [5.74, 6) is -1.33. The molecule has 1 aromatic carbocycles. The molecule has 0 aromatic heterocycles. The van der Waals surface area contributed by atoms with Crippen LogP contribution in [-0.2, 0) is 14.6 Å². The highest BCUT2D eigenvalue weighted by Crippen LogP contribution is 2.30. The first-order valence-corrected chi connectivity index (χ1v) is 10.7. The van der Waals surface area contributed by atoms with Gasteiger partial charge in [-0.15, -0.1) is 0 Å². The van der Waals surface area contributed by atoms with Crippen molar-refractivity contribution in [3.05, 3.63) is 29.8 Å². The Kier molecular flexibility index (Phi) is 6.44. The lowest BCUT2D eigenvalue weighted by molar-refractivity contribution is -0.149. The van der Waals surface area contributed by atoms with E-state index in [0.29, 0.717) is 31.2 Å². The van der Waals surface area contributed by atoms with Crippen LogP contribution in [0.4, 0.5) is 0 Å². The summed E-state index contributed by atoms with van der Waals surface area (Å²) >= 11 is 0. The number of rotatable bonds is 8. The Balaban J connectivity index is 2.08. The van der Waals surface area contributed by atoms with E-state index in [0.717, 1.165) is 12.8 Å². The number of carbonyl (C=O) groups excluding carboxylic acids is 1. The Morgan fingerprint density at radius 1 is 1.12 bits per heavy atom. The molecular weight excluding hydrogens is 354 g/mol. The van der Waals surface area contributed by atoms with E-state index in [9.17, 15) is 23.1 Å². The summed E-state index contributed by atoms with van der Waals surface area (Å²) in [4.78, 5) is 24.0. The Labute approximate surface area is 154 Å². The average molecular weight is 381 g/mol. The van der Waals surface area contributed by atoms with E-state index in [1.807, 2.05) is 0 Å². The van der Waals surface area contributed by atoms with Gasteiger partial charge in [0.1, 0.15) is 0 Å². The van der Waals surface area contributed by atoms with Crippen LogP contribution in [-0.4, -0.2) is 37.2 Å². The molecule has 6 nitrogen and oxygen atoms in total. The normalized spacial score (nSPS) is 15.8. The van der Waals surface area contributed by atoms with Gasteiger partial charge in [-0.2, -0.15) is 0 Å². The van der Waals surface area contributed by atoms with Crippen molar-refractivity contribution in [3.8, 4) is 0 Å². The first kappa shape index (κ1) is 20.4. The van der Waals surface area contributed by atoms with Crippen LogP contribution in [0.1, 0.15) is 62.7 Å². The number of amides is 1. The molecule has 0 saturated heterocycles. The van der Waals surface area contributed by atoms with Crippen molar-refractivity contribution in [1.82, 2.24) is 5.32 Å². The van der Waals surface area contributed by atoms with Gasteiger partial charge in [0, 0.05) is 12.1 Å². The molecule has 2 N–H and O–H groups in total. The van der Waals surface area contributed by atoms with Gasteiger partial charge in [0.05, 0.1) is 15.6 Å². The molecule has 0 spiro atoms. The third-order valence-electron chi connectivity index (χ3n) is 5.58. The van der Waals surface area contributed by atoms with E-state index in [4.69, 9.17) is 0 Å². The number of benzene rings is 1. The van der Waals surface area contributed by atoms with Gasteiger partial charge in [0.2, 0.25) is 0 Å². The Morgan fingerprint density at radius 3 is 2.12 bits per heavy atom. The summed E-state index contributed by atoms with van der Waals surface area (Å²) in [5.41, 5.74) is -0.664. The molecule has 0 atom stereocenters. The topological polar surface area (TPSA) is 101 Å². The largest absolute Gasteiger partial charge is 0.481 e. The predicted molar refractivity (Wildman–Crippen MR) is 98.9 cm³/mol. The molecule has 0 aliphatic heterocycles. The third kappa shape index (κ3) is 4.09. The highest BCUT2D eigenvalue weighted by molar-refractivity contribution is 7.92. The number of aliphatic carboxylic acids is 1. The number of nitrogens with one attached hydrogen (secondary N) is 1. The molecule has 7 heteroatoms. The highest BCUT2D eigenvalue weighted by Gasteiger charge is 2.35. The molecule has 0 unspecified atom stereocenters. The fourth-order valence-electron chi connectivity index (χ4n) is 3.42. The molecule has 1 amide bonds. The summed E-state index contributed by atoms with van der Waals surface area (Å²) < 4.78 is 25.1. The van der Waals surface area contributed by atoms with E-state index in [-0.39, 0.29) is 16.7 Å². The minimum absolute atomic E-state index is 0.0380. The van der Waals surface area contributed by atoms with Gasteiger partial charge in [-0.1, -0.05) is 26.7 Å². The molecular formula is C19H27NO5S. The molecule has 144 valence electrons. The van der Waals surface area contributed by atoms with Crippen molar-refractivity contribution >= 4 is 21.7 Å². The van der Waals surface area contributed by atoms with Crippen LogP contribution in [0.5, 0.6) is 0 Å². The standard InChI is InChI=1S/C19H27NO5S/c1-3-19(4-2,18(22)23)13-20-17(21)14-9-11-16(12-10-14)26(24,25)15-7-5-6-8-15/h9-12,15H,3-8,13H2,1-2H3,(H,20,21)(H,22,23).